The second-order valence-electron chi connectivity index (χ2n) is 8.47. The molecule has 1 aromatic heterocycles. The molecule has 3 aromatic carbocycles. The number of hydrogen-bond donors (Lipinski definition) is 3. The Balaban J connectivity index is 1.38. The predicted octanol–water partition coefficient (Wildman–Crippen LogP) is 4.74. The number of aromatic amines is 1. The zero-order valence-corrected chi connectivity index (χ0v) is 16.4. The molecule has 0 saturated heterocycles. The third-order valence-electron chi connectivity index (χ3n) is 6.72. The van der Waals surface area contributed by atoms with Crippen molar-refractivity contribution in [1.29, 1.82) is 0 Å². The summed E-state index contributed by atoms with van der Waals surface area (Å²) in [6.45, 7) is 0.680. The fraction of sp³-hybridized carbons (Fsp3) is 0.200. The summed E-state index contributed by atoms with van der Waals surface area (Å²) in [5.74, 6) is -0.203. The molecule has 1 saturated carbocycles. The Kier molecular flexibility index (Phi) is 3.57. The highest BCUT2D eigenvalue weighted by Gasteiger charge is 2.46. The van der Waals surface area contributed by atoms with Crippen LogP contribution in [0.25, 0.3) is 21.7 Å². The van der Waals surface area contributed by atoms with Gasteiger partial charge in [0.2, 0.25) is 0 Å². The Morgan fingerprint density at radius 3 is 2.60 bits per heavy atom. The van der Waals surface area contributed by atoms with E-state index in [0.717, 1.165) is 45.8 Å². The number of benzene rings is 3. The highest BCUT2D eigenvalue weighted by molar-refractivity contribution is 6.09. The van der Waals surface area contributed by atoms with Crippen molar-refractivity contribution in [3.05, 3.63) is 77.5 Å². The number of aromatic nitrogens is 1. The van der Waals surface area contributed by atoms with Crippen molar-refractivity contribution in [2.75, 3.05) is 11.9 Å². The Bertz CT molecular complexity index is 1350. The molecule has 6 rings (SSSR count). The minimum absolute atomic E-state index is 0.00887. The highest BCUT2D eigenvalue weighted by Crippen LogP contribution is 2.49. The fourth-order valence-corrected chi connectivity index (χ4v) is 4.98. The first-order chi connectivity index (χ1) is 14.6. The monoisotopic (exact) mass is 395 g/mol. The topological polar surface area (TPSA) is 74.0 Å². The van der Waals surface area contributed by atoms with Crippen LogP contribution < -0.4 is 10.6 Å². The minimum atomic E-state index is -0.148. The zero-order valence-electron chi connectivity index (χ0n) is 16.4. The maximum Gasteiger partial charge on any atom is 0.268 e. The Hall–Kier alpha value is -3.60. The van der Waals surface area contributed by atoms with Gasteiger partial charge in [0.25, 0.3) is 11.8 Å². The van der Waals surface area contributed by atoms with E-state index >= 15 is 0 Å². The lowest BCUT2D eigenvalue weighted by Gasteiger charge is -2.45. The lowest BCUT2D eigenvalue weighted by molar-refractivity contribution is 0.0892. The van der Waals surface area contributed by atoms with Crippen molar-refractivity contribution in [3.8, 4) is 0 Å². The smallest absolute Gasteiger partial charge is 0.268 e. The van der Waals surface area contributed by atoms with Crippen LogP contribution in [0.3, 0.4) is 0 Å². The van der Waals surface area contributed by atoms with Gasteiger partial charge in [-0.25, -0.2) is 0 Å². The summed E-state index contributed by atoms with van der Waals surface area (Å²) in [4.78, 5) is 28.7. The second kappa shape index (κ2) is 6.20. The molecule has 0 bridgehead atoms. The molecule has 2 heterocycles. The van der Waals surface area contributed by atoms with Crippen molar-refractivity contribution in [3.63, 3.8) is 0 Å². The van der Waals surface area contributed by atoms with Gasteiger partial charge in [0, 0.05) is 34.1 Å². The molecule has 1 spiro atoms. The van der Waals surface area contributed by atoms with Crippen LogP contribution in [0.4, 0.5) is 5.69 Å². The molecule has 2 aliphatic rings. The first-order valence-corrected chi connectivity index (χ1v) is 10.4. The van der Waals surface area contributed by atoms with Gasteiger partial charge < -0.3 is 15.6 Å². The molecule has 5 nitrogen and oxygen atoms in total. The van der Waals surface area contributed by atoms with E-state index in [9.17, 15) is 9.59 Å². The maximum absolute atomic E-state index is 13.0. The number of carbonyl (C=O) groups excluding carboxylic acids is 2. The van der Waals surface area contributed by atoms with Gasteiger partial charge in [-0.1, -0.05) is 36.8 Å². The average Bonchev–Trinajstić information content (AvgIpc) is 3.13. The average molecular weight is 395 g/mol. The third kappa shape index (κ3) is 2.48. The van der Waals surface area contributed by atoms with Crippen LogP contribution in [0, 0.1) is 0 Å². The van der Waals surface area contributed by atoms with Crippen LogP contribution in [0.1, 0.15) is 45.7 Å². The van der Waals surface area contributed by atoms with E-state index in [1.165, 1.54) is 6.42 Å². The fourth-order valence-electron chi connectivity index (χ4n) is 4.98. The molecule has 1 fully saturated rings. The van der Waals surface area contributed by atoms with Crippen molar-refractivity contribution < 1.29 is 9.59 Å². The number of nitrogens with one attached hydrogen (secondary N) is 3. The molecular weight excluding hydrogens is 374 g/mol. The number of H-pyrrole nitrogens is 1. The predicted molar refractivity (Wildman–Crippen MR) is 118 cm³/mol. The summed E-state index contributed by atoms with van der Waals surface area (Å²) in [7, 11) is 0. The van der Waals surface area contributed by atoms with E-state index in [-0.39, 0.29) is 17.2 Å². The standard InChI is InChI=1S/C25H21N3O2/c29-23(27-18-8-6-15-4-1-2-5-16(15)12-18)17-7-9-20-19(13-17)21-22(28-20)24(30)26-14-25(21)10-3-11-25/h1-2,4-9,12-13,28H,3,10-11,14H2,(H,26,30)(H,27,29). The van der Waals surface area contributed by atoms with Gasteiger partial charge in [-0.3, -0.25) is 9.59 Å². The quantitative estimate of drug-likeness (QED) is 0.459. The summed E-state index contributed by atoms with van der Waals surface area (Å²) >= 11 is 0. The van der Waals surface area contributed by atoms with Crippen molar-refractivity contribution in [2.45, 2.75) is 24.7 Å². The van der Waals surface area contributed by atoms with Gasteiger partial charge in [-0.05, 0) is 59.5 Å². The lowest BCUT2D eigenvalue weighted by atomic mass is 9.62. The van der Waals surface area contributed by atoms with Gasteiger partial charge >= 0.3 is 0 Å². The van der Waals surface area contributed by atoms with E-state index in [2.05, 4.69) is 21.7 Å². The van der Waals surface area contributed by atoms with Gasteiger partial charge in [0.05, 0.1) is 0 Å². The van der Waals surface area contributed by atoms with Gasteiger partial charge in [-0.2, -0.15) is 0 Å². The third-order valence-corrected chi connectivity index (χ3v) is 6.72. The number of hydrogen-bond acceptors (Lipinski definition) is 2. The summed E-state index contributed by atoms with van der Waals surface area (Å²) in [6, 6.07) is 19.6. The Morgan fingerprint density at radius 2 is 1.80 bits per heavy atom. The first-order valence-electron chi connectivity index (χ1n) is 10.4. The largest absolute Gasteiger partial charge is 0.350 e. The first kappa shape index (κ1) is 17.3. The van der Waals surface area contributed by atoms with Crippen LogP contribution >= 0.6 is 0 Å². The van der Waals surface area contributed by atoms with Crippen molar-refractivity contribution in [1.82, 2.24) is 10.3 Å². The van der Waals surface area contributed by atoms with Crippen LogP contribution in [0.5, 0.6) is 0 Å². The molecule has 5 heteroatoms. The maximum atomic E-state index is 13.0. The second-order valence-corrected chi connectivity index (χ2v) is 8.47. The van der Waals surface area contributed by atoms with Gasteiger partial charge in [0.1, 0.15) is 5.69 Å². The van der Waals surface area contributed by atoms with E-state index in [1.54, 1.807) is 0 Å². The van der Waals surface area contributed by atoms with E-state index < -0.39 is 0 Å². The molecule has 3 N–H and O–H groups in total. The summed E-state index contributed by atoms with van der Waals surface area (Å²) in [5.41, 5.74) is 4.03. The highest BCUT2D eigenvalue weighted by atomic mass is 16.2. The molecule has 148 valence electrons. The molecule has 0 radical (unpaired) electrons. The lowest BCUT2D eigenvalue weighted by Crippen LogP contribution is -2.50. The molecule has 0 unspecified atom stereocenters. The molecule has 0 atom stereocenters. The molecular formula is C25H21N3O2. The Labute approximate surface area is 173 Å². The number of amides is 2. The molecule has 2 amide bonds. The van der Waals surface area contributed by atoms with E-state index in [4.69, 9.17) is 0 Å². The number of carbonyl (C=O) groups is 2. The number of anilines is 1. The van der Waals surface area contributed by atoms with Crippen LogP contribution in [-0.4, -0.2) is 23.3 Å². The Morgan fingerprint density at radius 1 is 0.967 bits per heavy atom. The minimum Gasteiger partial charge on any atom is -0.350 e. The normalized spacial score (nSPS) is 16.9. The molecule has 4 aromatic rings. The summed E-state index contributed by atoms with van der Waals surface area (Å²) < 4.78 is 0. The SMILES string of the molecule is O=C(Nc1ccc2ccccc2c1)c1ccc2[nH]c3c(c2c1)C1(CCC1)CNC3=O. The van der Waals surface area contributed by atoms with Gasteiger partial charge in [-0.15, -0.1) is 0 Å². The zero-order chi connectivity index (χ0) is 20.3. The van der Waals surface area contributed by atoms with Crippen LogP contribution in [0.15, 0.2) is 60.7 Å². The van der Waals surface area contributed by atoms with Crippen LogP contribution in [0.2, 0.25) is 0 Å². The molecule has 1 aliphatic carbocycles. The molecule has 30 heavy (non-hydrogen) atoms. The summed E-state index contributed by atoms with van der Waals surface area (Å²) in [6.07, 6.45) is 3.31. The summed E-state index contributed by atoms with van der Waals surface area (Å²) in [5, 5.41) is 9.26. The van der Waals surface area contributed by atoms with Crippen LogP contribution in [-0.2, 0) is 5.41 Å². The van der Waals surface area contributed by atoms with E-state index in [0.29, 0.717) is 17.8 Å². The number of rotatable bonds is 2. The van der Waals surface area contributed by atoms with E-state index in [1.807, 2.05) is 54.6 Å². The molecule has 1 aliphatic heterocycles. The number of fused-ring (bicyclic) bond motifs is 5. The van der Waals surface area contributed by atoms with Gasteiger partial charge in [0.15, 0.2) is 0 Å². The van der Waals surface area contributed by atoms with Crippen molar-refractivity contribution in [2.24, 2.45) is 0 Å². The van der Waals surface area contributed by atoms with Crippen molar-refractivity contribution >= 4 is 39.2 Å².